The molecule has 0 N–H and O–H groups in total. The predicted molar refractivity (Wildman–Crippen MR) is 81.5 cm³/mol. The van der Waals surface area contributed by atoms with Gasteiger partial charge in [0.25, 0.3) is 0 Å². The lowest BCUT2D eigenvalue weighted by atomic mass is 10.1. The highest BCUT2D eigenvalue weighted by Gasteiger charge is 2.18. The number of halogens is 2. The molecule has 0 saturated carbocycles. The zero-order valence-corrected chi connectivity index (χ0v) is 12.7. The first-order chi connectivity index (χ1) is 8.27. The number of hydrogen-bond acceptors (Lipinski definition) is 2. The van der Waals surface area contributed by atoms with Gasteiger partial charge >= 0.3 is 0 Å². The van der Waals surface area contributed by atoms with Gasteiger partial charge in [0.2, 0.25) is 0 Å². The van der Waals surface area contributed by atoms with E-state index in [4.69, 9.17) is 11.6 Å². The Labute approximate surface area is 121 Å². The number of fused-ring (bicyclic) bond motifs is 1. The Kier molecular flexibility index (Phi) is 3.26. The van der Waals surface area contributed by atoms with Crippen molar-refractivity contribution in [1.82, 2.24) is 0 Å². The van der Waals surface area contributed by atoms with Crippen LogP contribution < -0.4 is 0 Å². The predicted octanol–water partition coefficient (Wildman–Crippen LogP) is 6.05. The second-order valence-corrected chi connectivity index (χ2v) is 6.83. The molecule has 86 valence electrons. The van der Waals surface area contributed by atoms with Crippen molar-refractivity contribution in [2.45, 2.75) is 5.38 Å². The number of alkyl halides is 1. The molecule has 0 aliphatic rings. The maximum absolute atomic E-state index is 6.59. The van der Waals surface area contributed by atoms with Crippen molar-refractivity contribution in [3.8, 4) is 0 Å². The summed E-state index contributed by atoms with van der Waals surface area (Å²) < 4.78 is 2.39. The van der Waals surface area contributed by atoms with Crippen molar-refractivity contribution in [2.75, 3.05) is 0 Å². The second-order valence-electron chi connectivity index (χ2n) is 3.68. The average molecular weight is 344 g/mol. The smallest absolute Gasteiger partial charge is 0.0953 e. The minimum atomic E-state index is -0.0690. The molecule has 3 aromatic rings. The van der Waals surface area contributed by atoms with Crippen molar-refractivity contribution in [3.63, 3.8) is 0 Å². The molecule has 3 rings (SSSR count). The highest BCUT2D eigenvalue weighted by Crippen LogP contribution is 2.41. The van der Waals surface area contributed by atoms with Gasteiger partial charge in [0.05, 0.1) is 5.38 Å². The van der Waals surface area contributed by atoms with Crippen molar-refractivity contribution in [1.29, 1.82) is 0 Å². The molecule has 0 radical (unpaired) electrons. The first kappa shape index (κ1) is 11.7. The van der Waals surface area contributed by atoms with E-state index < -0.39 is 0 Å². The van der Waals surface area contributed by atoms with Crippen LogP contribution >= 0.6 is 50.2 Å². The van der Waals surface area contributed by atoms with Crippen LogP contribution in [0.15, 0.2) is 45.6 Å². The molecule has 0 aliphatic carbocycles. The van der Waals surface area contributed by atoms with Gasteiger partial charge in [-0.1, -0.05) is 18.2 Å². The maximum Gasteiger partial charge on any atom is 0.0953 e. The number of hydrogen-bond donors (Lipinski definition) is 0. The summed E-state index contributed by atoms with van der Waals surface area (Å²) in [7, 11) is 0. The lowest BCUT2D eigenvalue weighted by Gasteiger charge is -2.07. The molecule has 1 unspecified atom stereocenters. The third-order valence-electron chi connectivity index (χ3n) is 2.66. The minimum Gasteiger partial charge on any atom is -0.146 e. The first-order valence-corrected chi connectivity index (χ1v) is 8.09. The molecule has 0 bridgehead atoms. The summed E-state index contributed by atoms with van der Waals surface area (Å²) in [4.78, 5) is 1.18. The number of benzene rings is 1. The van der Waals surface area contributed by atoms with E-state index in [-0.39, 0.29) is 5.38 Å². The van der Waals surface area contributed by atoms with E-state index in [1.807, 2.05) is 6.07 Å². The fourth-order valence-corrected chi connectivity index (χ4v) is 5.06. The molecule has 4 heteroatoms. The van der Waals surface area contributed by atoms with Gasteiger partial charge in [0.15, 0.2) is 0 Å². The van der Waals surface area contributed by atoms with E-state index in [1.54, 1.807) is 22.7 Å². The van der Waals surface area contributed by atoms with E-state index in [9.17, 15) is 0 Å². The molecule has 1 aromatic carbocycles. The van der Waals surface area contributed by atoms with Gasteiger partial charge in [0, 0.05) is 14.0 Å². The molecule has 2 heterocycles. The standard InChI is InChI=1S/C13H8BrClS2/c14-10-5-6-16-13(10)12(15)9-7-17-11-4-2-1-3-8(9)11/h1-7,12H. The summed E-state index contributed by atoms with van der Waals surface area (Å²) in [5.74, 6) is 0. The molecule has 17 heavy (non-hydrogen) atoms. The number of rotatable bonds is 2. The molecule has 0 spiro atoms. The largest absolute Gasteiger partial charge is 0.146 e. The lowest BCUT2D eigenvalue weighted by molar-refractivity contribution is 1.21. The fraction of sp³-hybridized carbons (Fsp3) is 0.0769. The van der Waals surface area contributed by atoms with Crippen LogP contribution in [0, 0.1) is 0 Å². The average Bonchev–Trinajstić information content (AvgIpc) is 2.94. The Morgan fingerprint density at radius 3 is 2.71 bits per heavy atom. The van der Waals surface area contributed by atoms with Crippen LogP contribution in [-0.2, 0) is 0 Å². The zero-order chi connectivity index (χ0) is 11.8. The molecular formula is C13H8BrClS2. The fourth-order valence-electron chi connectivity index (χ4n) is 1.82. The molecule has 0 aliphatic heterocycles. The van der Waals surface area contributed by atoms with Gasteiger partial charge in [-0.2, -0.15) is 0 Å². The van der Waals surface area contributed by atoms with Gasteiger partial charge in [-0.25, -0.2) is 0 Å². The summed E-state index contributed by atoms with van der Waals surface area (Å²) in [6.07, 6.45) is 0. The SMILES string of the molecule is ClC(c1sccc1Br)c1csc2ccccc12. The second kappa shape index (κ2) is 4.73. The van der Waals surface area contributed by atoms with E-state index in [1.165, 1.54) is 20.5 Å². The highest BCUT2D eigenvalue weighted by molar-refractivity contribution is 9.10. The van der Waals surface area contributed by atoms with Gasteiger partial charge in [0.1, 0.15) is 0 Å². The Hall–Kier alpha value is -0.350. The molecule has 0 saturated heterocycles. The third-order valence-corrected chi connectivity index (χ3v) is 6.16. The van der Waals surface area contributed by atoms with Crippen LogP contribution in [0.4, 0.5) is 0 Å². The Bertz CT molecular complexity index is 656. The number of thiophene rings is 2. The molecule has 0 nitrogen and oxygen atoms in total. The molecule has 2 aromatic heterocycles. The Morgan fingerprint density at radius 1 is 1.12 bits per heavy atom. The summed E-state index contributed by atoms with van der Waals surface area (Å²) in [5, 5.41) is 5.41. The molecular weight excluding hydrogens is 336 g/mol. The Morgan fingerprint density at radius 2 is 1.94 bits per heavy atom. The zero-order valence-electron chi connectivity index (χ0n) is 8.69. The summed E-state index contributed by atoms with van der Waals surface area (Å²) >= 11 is 13.6. The summed E-state index contributed by atoms with van der Waals surface area (Å²) in [5.41, 5.74) is 1.20. The van der Waals surface area contributed by atoms with E-state index >= 15 is 0 Å². The Balaban J connectivity index is 2.13. The summed E-state index contributed by atoms with van der Waals surface area (Å²) in [6.45, 7) is 0. The quantitative estimate of drug-likeness (QED) is 0.497. The van der Waals surface area contributed by atoms with Crippen molar-refractivity contribution >= 4 is 60.3 Å². The van der Waals surface area contributed by atoms with Crippen molar-refractivity contribution in [3.05, 3.63) is 56.0 Å². The third kappa shape index (κ3) is 2.06. The summed E-state index contributed by atoms with van der Waals surface area (Å²) in [6, 6.07) is 10.4. The van der Waals surface area contributed by atoms with E-state index in [0.717, 1.165) is 4.47 Å². The van der Waals surface area contributed by atoms with Crippen LogP contribution in [0.5, 0.6) is 0 Å². The van der Waals surface area contributed by atoms with Gasteiger partial charge in [-0.15, -0.1) is 34.3 Å². The molecule has 0 amide bonds. The topological polar surface area (TPSA) is 0 Å². The lowest BCUT2D eigenvalue weighted by Crippen LogP contribution is -1.88. The van der Waals surface area contributed by atoms with E-state index in [0.29, 0.717) is 0 Å². The molecule has 0 fully saturated rings. The normalized spacial score (nSPS) is 13.1. The van der Waals surface area contributed by atoms with Crippen molar-refractivity contribution < 1.29 is 0 Å². The van der Waals surface area contributed by atoms with Crippen LogP contribution in [0.25, 0.3) is 10.1 Å². The monoisotopic (exact) mass is 342 g/mol. The van der Waals surface area contributed by atoms with Gasteiger partial charge < -0.3 is 0 Å². The minimum absolute atomic E-state index is 0.0690. The first-order valence-electron chi connectivity index (χ1n) is 5.10. The van der Waals surface area contributed by atoms with Crippen LogP contribution in [0.2, 0.25) is 0 Å². The maximum atomic E-state index is 6.59. The van der Waals surface area contributed by atoms with E-state index in [2.05, 4.69) is 51.0 Å². The van der Waals surface area contributed by atoms with Gasteiger partial charge in [-0.05, 0) is 49.8 Å². The highest BCUT2D eigenvalue weighted by atomic mass is 79.9. The molecule has 1 atom stereocenters. The van der Waals surface area contributed by atoms with Gasteiger partial charge in [-0.3, -0.25) is 0 Å². The van der Waals surface area contributed by atoms with Crippen LogP contribution in [-0.4, -0.2) is 0 Å². The van der Waals surface area contributed by atoms with Crippen LogP contribution in [0.3, 0.4) is 0 Å². The van der Waals surface area contributed by atoms with Crippen molar-refractivity contribution in [2.24, 2.45) is 0 Å². The van der Waals surface area contributed by atoms with Crippen LogP contribution in [0.1, 0.15) is 15.8 Å².